The second-order valence-corrected chi connectivity index (χ2v) is 8.68. The second kappa shape index (κ2) is 11.1. The molecule has 0 aliphatic heterocycles. The third-order valence-corrected chi connectivity index (χ3v) is 6.11. The smallest absolute Gasteiger partial charge is 0.267 e. The standard InChI is InChI=1S/C26H27ClN4O3/c27-19-11-12-21-23(16-19)30-22-5-2-1-4-20(22)25(21)28-14-3-15-29-26(33)18-9-6-17(7-10-18)8-13-24(32)31-34/h6-13,16,34H,1-5,14-15H2,(H,28,30)(H,29,33)(H,31,32). The summed E-state index contributed by atoms with van der Waals surface area (Å²) >= 11 is 6.19. The van der Waals surface area contributed by atoms with E-state index in [0.29, 0.717) is 17.1 Å². The number of aromatic nitrogens is 1. The lowest BCUT2D eigenvalue weighted by Crippen LogP contribution is -2.26. The average molecular weight is 479 g/mol. The van der Waals surface area contributed by atoms with Gasteiger partial charge in [0.2, 0.25) is 0 Å². The van der Waals surface area contributed by atoms with Crippen molar-refractivity contribution in [1.82, 2.24) is 15.8 Å². The van der Waals surface area contributed by atoms with E-state index in [4.69, 9.17) is 21.8 Å². The van der Waals surface area contributed by atoms with Gasteiger partial charge in [0.15, 0.2) is 0 Å². The van der Waals surface area contributed by atoms with Crippen molar-refractivity contribution >= 4 is 46.1 Å². The van der Waals surface area contributed by atoms with E-state index in [9.17, 15) is 9.59 Å². The summed E-state index contributed by atoms with van der Waals surface area (Å²) in [4.78, 5) is 28.3. The van der Waals surface area contributed by atoms with Crippen molar-refractivity contribution in [2.75, 3.05) is 18.4 Å². The Labute approximate surface area is 203 Å². The van der Waals surface area contributed by atoms with Crippen LogP contribution in [0.25, 0.3) is 17.0 Å². The fourth-order valence-corrected chi connectivity index (χ4v) is 4.33. The van der Waals surface area contributed by atoms with E-state index in [-0.39, 0.29) is 5.91 Å². The number of carbonyl (C=O) groups excluding carboxylic acids is 2. The van der Waals surface area contributed by atoms with Gasteiger partial charge in [-0.3, -0.25) is 19.8 Å². The summed E-state index contributed by atoms with van der Waals surface area (Å²) in [5.41, 5.74) is 7.34. The minimum atomic E-state index is -0.612. The molecule has 2 amide bonds. The van der Waals surface area contributed by atoms with Gasteiger partial charge in [0.05, 0.1) is 5.52 Å². The molecule has 1 aliphatic rings. The van der Waals surface area contributed by atoms with Gasteiger partial charge in [0.1, 0.15) is 0 Å². The van der Waals surface area contributed by atoms with Crippen LogP contribution in [0.4, 0.5) is 5.69 Å². The number of pyridine rings is 1. The average Bonchev–Trinajstić information content (AvgIpc) is 2.86. The Kier molecular flexibility index (Phi) is 7.77. The molecule has 0 saturated heterocycles. The van der Waals surface area contributed by atoms with E-state index < -0.39 is 5.91 Å². The van der Waals surface area contributed by atoms with Gasteiger partial charge in [-0.1, -0.05) is 23.7 Å². The molecule has 0 bridgehead atoms. The zero-order chi connectivity index (χ0) is 23.9. The van der Waals surface area contributed by atoms with E-state index in [2.05, 4.69) is 10.6 Å². The number of benzene rings is 2. The van der Waals surface area contributed by atoms with Crippen LogP contribution in [-0.4, -0.2) is 35.1 Å². The minimum Gasteiger partial charge on any atom is -0.384 e. The van der Waals surface area contributed by atoms with E-state index in [1.165, 1.54) is 23.5 Å². The molecule has 1 aliphatic carbocycles. The molecule has 0 saturated carbocycles. The highest BCUT2D eigenvalue weighted by atomic mass is 35.5. The zero-order valence-electron chi connectivity index (χ0n) is 18.7. The van der Waals surface area contributed by atoms with Crippen LogP contribution in [0.5, 0.6) is 0 Å². The molecular weight excluding hydrogens is 452 g/mol. The highest BCUT2D eigenvalue weighted by molar-refractivity contribution is 6.31. The Morgan fingerprint density at radius 1 is 1.06 bits per heavy atom. The van der Waals surface area contributed by atoms with Crippen molar-refractivity contribution in [1.29, 1.82) is 0 Å². The van der Waals surface area contributed by atoms with E-state index in [1.54, 1.807) is 30.3 Å². The van der Waals surface area contributed by atoms with Gasteiger partial charge in [-0.05, 0) is 79.6 Å². The van der Waals surface area contributed by atoms with Crippen LogP contribution in [0, 0.1) is 0 Å². The quantitative estimate of drug-likeness (QED) is 0.165. The summed E-state index contributed by atoms with van der Waals surface area (Å²) in [5, 5.41) is 16.8. The first-order valence-corrected chi connectivity index (χ1v) is 11.8. The number of hydrogen-bond donors (Lipinski definition) is 4. The third-order valence-electron chi connectivity index (χ3n) is 5.88. The Hall–Kier alpha value is -3.42. The summed E-state index contributed by atoms with van der Waals surface area (Å²) in [6, 6.07) is 12.7. The van der Waals surface area contributed by atoms with Crippen LogP contribution in [0.15, 0.2) is 48.5 Å². The number of halogens is 1. The molecule has 7 nitrogen and oxygen atoms in total. The predicted molar refractivity (Wildman–Crippen MR) is 134 cm³/mol. The first kappa shape index (κ1) is 23.7. The van der Waals surface area contributed by atoms with Gasteiger partial charge >= 0.3 is 0 Å². The normalized spacial score (nSPS) is 13.0. The molecule has 8 heteroatoms. The van der Waals surface area contributed by atoms with Crippen LogP contribution in [0.3, 0.4) is 0 Å². The molecule has 0 atom stereocenters. The molecule has 3 aromatic rings. The number of rotatable bonds is 8. The number of amides is 2. The molecule has 34 heavy (non-hydrogen) atoms. The number of nitrogens with one attached hydrogen (secondary N) is 3. The largest absolute Gasteiger partial charge is 0.384 e. The topological polar surface area (TPSA) is 103 Å². The van der Waals surface area contributed by atoms with Gasteiger partial charge in [-0.25, -0.2) is 5.48 Å². The highest BCUT2D eigenvalue weighted by Crippen LogP contribution is 2.34. The Bertz CT molecular complexity index is 1220. The van der Waals surface area contributed by atoms with Gasteiger partial charge in [-0.2, -0.15) is 0 Å². The summed E-state index contributed by atoms with van der Waals surface area (Å²) in [6.07, 6.45) is 7.87. The zero-order valence-corrected chi connectivity index (χ0v) is 19.5. The van der Waals surface area contributed by atoms with Crippen molar-refractivity contribution < 1.29 is 14.8 Å². The fourth-order valence-electron chi connectivity index (χ4n) is 4.16. The predicted octanol–water partition coefficient (Wildman–Crippen LogP) is 4.52. The Morgan fingerprint density at radius 3 is 2.65 bits per heavy atom. The lowest BCUT2D eigenvalue weighted by molar-refractivity contribution is -0.124. The number of hydroxylamine groups is 1. The van der Waals surface area contributed by atoms with Gasteiger partial charge < -0.3 is 10.6 Å². The molecule has 0 unspecified atom stereocenters. The van der Waals surface area contributed by atoms with Crippen molar-refractivity contribution in [2.24, 2.45) is 0 Å². The van der Waals surface area contributed by atoms with Crippen LogP contribution < -0.4 is 16.1 Å². The van der Waals surface area contributed by atoms with Crippen LogP contribution in [0.2, 0.25) is 5.02 Å². The van der Waals surface area contributed by atoms with Crippen molar-refractivity contribution in [3.05, 3.63) is 75.9 Å². The first-order chi connectivity index (χ1) is 16.5. The number of fused-ring (bicyclic) bond motifs is 2. The number of nitrogens with zero attached hydrogens (tertiary/aromatic N) is 1. The molecule has 0 spiro atoms. The van der Waals surface area contributed by atoms with Crippen LogP contribution in [0.1, 0.15) is 46.4 Å². The summed E-state index contributed by atoms with van der Waals surface area (Å²) in [6.45, 7) is 1.27. The summed E-state index contributed by atoms with van der Waals surface area (Å²) < 4.78 is 0. The van der Waals surface area contributed by atoms with Crippen molar-refractivity contribution in [2.45, 2.75) is 32.1 Å². The van der Waals surface area contributed by atoms with Crippen molar-refractivity contribution in [3.63, 3.8) is 0 Å². The van der Waals surface area contributed by atoms with Gasteiger partial charge in [0, 0.05) is 46.5 Å². The summed E-state index contributed by atoms with van der Waals surface area (Å²) in [7, 11) is 0. The van der Waals surface area contributed by atoms with Crippen LogP contribution in [-0.2, 0) is 17.6 Å². The SMILES string of the molecule is O=C(C=Cc1ccc(C(=O)NCCCNc2c3c(nc4cc(Cl)ccc24)CCCC3)cc1)NO. The number of hydrogen-bond acceptors (Lipinski definition) is 5. The first-order valence-electron chi connectivity index (χ1n) is 11.4. The molecule has 1 heterocycles. The highest BCUT2D eigenvalue weighted by Gasteiger charge is 2.18. The molecular formula is C26H27ClN4O3. The lowest BCUT2D eigenvalue weighted by Gasteiger charge is -2.22. The van der Waals surface area contributed by atoms with E-state index in [1.807, 2.05) is 18.2 Å². The molecule has 176 valence electrons. The molecule has 4 rings (SSSR count). The maximum Gasteiger partial charge on any atom is 0.267 e. The van der Waals surface area contributed by atoms with E-state index >= 15 is 0 Å². The van der Waals surface area contributed by atoms with Crippen molar-refractivity contribution in [3.8, 4) is 0 Å². The summed E-state index contributed by atoms with van der Waals surface area (Å²) in [5.74, 6) is -0.760. The monoisotopic (exact) mass is 478 g/mol. The fraction of sp³-hybridized carbons (Fsp3) is 0.269. The maximum atomic E-state index is 12.4. The lowest BCUT2D eigenvalue weighted by atomic mass is 9.92. The Morgan fingerprint density at radius 2 is 1.85 bits per heavy atom. The second-order valence-electron chi connectivity index (χ2n) is 8.25. The molecule has 4 N–H and O–H groups in total. The number of aryl methyl sites for hydroxylation is 1. The van der Waals surface area contributed by atoms with Crippen LogP contribution >= 0.6 is 11.6 Å². The van der Waals surface area contributed by atoms with Gasteiger partial charge in [0.25, 0.3) is 11.8 Å². The molecule has 0 radical (unpaired) electrons. The van der Waals surface area contributed by atoms with Gasteiger partial charge in [-0.15, -0.1) is 0 Å². The number of anilines is 1. The van der Waals surface area contributed by atoms with E-state index in [0.717, 1.165) is 60.1 Å². The Balaban J connectivity index is 1.32. The third kappa shape index (κ3) is 5.73. The number of carbonyl (C=O) groups is 2. The molecule has 2 aromatic carbocycles. The minimum absolute atomic E-state index is 0.148. The molecule has 1 aromatic heterocycles. The molecule has 0 fully saturated rings. The maximum absolute atomic E-state index is 12.4.